The third-order valence-corrected chi connectivity index (χ3v) is 13.8. The molecular weight excluding hydrogens is 689 g/mol. The molecule has 12 rings (SSSR count). The lowest BCUT2D eigenvalue weighted by atomic mass is 9.83. The molecule has 0 nitrogen and oxygen atoms in total. The molecule has 2 heterocycles. The van der Waals surface area contributed by atoms with Crippen molar-refractivity contribution in [2.24, 2.45) is 0 Å². The summed E-state index contributed by atoms with van der Waals surface area (Å²) in [5.74, 6) is 0. The Kier molecular flexibility index (Phi) is 6.48. The van der Waals surface area contributed by atoms with Crippen molar-refractivity contribution >= 4 is 106 Å². The largest absolute Gasteiger partial charge is 0.135 e. The summed E-state index contributed by atoms with van der Waals surface area (Å²) in [5.41, 5.74) is 7.62. The van der Waals surface area contributed by atoms with Crippen LogP contribution in [0.4, 0.5) is 0 Å². The van der Waals surface area contributed by atoms with Crippen molar-refractivity contribution in [2.75, 3.05) is 0 Å². The summed E-state index contributed by atoms with van der Waals surface area (Å²) in [7, 11) is 0. The van der Waals surface area contributed by atoms with Crippen LogP contribution in [0.5, 0.6) is 0 Å². The van der Waals surface area contributed by atoms with Crippen LogP contribution in [-0.2, 0) is 0 Å². The second-order valence-electron chi connectivity index (χ2n) is 14.3. The van der Waals surface area contributed by atoms with Crippen LogP contribution in [0.3, 0.4) is 0 Å². The zero-order valence-corrected chi connectivity index (χ0v) is 30.8. The Morgan fingerprint density at radius 2 is 0.833 bits per heavy atom. The maximum Gasteiger partial charge on any atom is 0.0448 e. The molecule has 10 aromatic carbocycles. The summed E-state index contributed by atoms with van der Waals surface area (Å²) >= 11 is 3.85. The molecule has 0 radical (unpaired) electrons. The zero-order chi connectivity index (χ0) is 35.3. The standard InChI is InChI=1S/C52H30S2/c1-2-12-31(13-3-1)34-24-25-42(37-17-7-6-16-36(34)37)49-40-20-10-8-18-38(40)48(39-19-9-11-21-41(39)49)33-23-27-45-44(30-33)51-47(53-45)29-26-43-50-35-15-5-4-14-32(35)22-28-46(50)54-52(43)51/h1-30H. The van der Waals surface area contributed by atoms with Gasteiger partial charge >= 0.3 is 0 Å². The molecule has 0 saturated carbocycles. The van der Waals surface area contributed by atoms with Crippen LogP contribution in [0.1, 0.15) is 0 Å². The Morgan fingerprint density at radius 1 is 0.278 bits per heavy atom. The molecular formula is C52H30S2. The van der Waals surface area contributed by atoms with E-state index >= 15 is 0 Å². The summed E-state index contributed by atoms with van der Waals surface area (Å²) < 4.78 is 5.42. The maximum atomic E-state index is 2.48. The van der Waals surface area contributed by atoms with E-state index in [1.165, 1.54) is 117 Å². The molecule has 0 amide bonds. The van der Waals surface area contributed by atoms with Gasteiger partial charge in [-0.3, -0.25) is 0 Å². The van der Waals surface area contributed by atoms with Gasteiger partial charge < -0.3 is 0 Å². The molecule has 0 unspecified atom stereocenters. The average Bonchev–Trinajstić information content (AvgIpc) is 3.81. The van der Waals surface area contributed by atoms with Crippen LogP contribution in [-0.4, -0.2) is 0 Å². The second-order valence-corrected chi connectivity index (χ2v) is 16.4. The van der Waals surface area contributed by atoms with E-state index in [0.717, 1.165) is 0 Å². The van der Waals surface area contributed by atoms with Crippen LogP contribution in [0, 0.1) is 0 Å². The van der Waals surface area contributed by atoms with Gasteiger partial charge in [-0.1, -0.05) is 158 Å². The van der Waals surface area contributed by atoms with Gasteiger partial charge in [0.05, 0.1) is 0 Å². The first-order valence-corrected chi connectivity index (χ1v) is 20.1. The van der Waals surface area contributed by atoms with Crippen LogP contribution >= 0.6 is 22.7 Å². The molecule has 0 bridgehead atoms. The van der Waals surface area contributed by atoms with Crippen LogP contribution in [0.25, 0.3) is 117 Å². The minimum absolute atomic E-state index is 1.24. The van der Waals surface area contributed by atoms with E-state index in [0.29, 0.717) is 0 Å². The summed E-state index contributed by atoms with van der Waals surface area (Å²) in [6.07, 6.45) is 0. The molecule has 0 fully saturated rings. The van der Waals surface area contributed by atoms with E-state index in [1.54, 1.807) is 0 Å². The fourth-order valence-corrected chi connectivity index (χ4v) is 11.6. The Hall–Kier alpha value is -6.32. The van der Waals surface area contributed by atoms with E-state index in [1.807, 2.05) is 22.7 Å². The van der Waals surface area contributed by atoms with Gasteiger partial charge in [-0.25, -0.2) is 0 Å². The number of fused-ring (bicyclic) bond motifs is 12. The Balaban J connectivity index is 1.14. The Labute approximate surface area is 319 Å². The topological polar surface area (TPSA) is 0 Å². The van der Waals surface area contributed by atoms with Gasteiger partial charge in [-0.05, 0) is 101 Å². The fraction of sp³-hybridized carbons (Fsp3) is 0. The number of rotatable bonds is 3. The highest BCUT2D eigenvalue weighted by Gasteiger charge is 2.21. The van der Waals surface area contributed by atoms with Gasteiger partial charge in [0, 0.05) is 40.3 Å². The molecule has 0 atom stereocenters. The number of thiophene rings is 2. The molecule has 0 saturated heterocycles. The molecule has 2 aromatic heterocycles. The number of benzene rings is 10. The van der Waals surface area contributed by atoms with Gasteiger partial charge in [0.15, 0.2) is 0 Å². The SMILES string of the molecule is c1ccc(-c2ccc(-c3c4ccccc4c(-c4ccc5sc6ccc7c(sc8ccc9ccccc9c87)c6c5c4)c4ccccc34)c3ccccc23)cc1. The first kappa shape index (κ1) is 30.2. The van der Waals surface area contributed by atoms with Crippen LogP contribution in [0.2, 0.25) is 0 Å². The van der Waals surface area contributed by atoms with E-state index in [4.69, 9.17) is 0 Å². The highest BCUT2D eigenvalue weighted by atomic mass is 32.1. The molecule has 0 spiro atoms. The van der Waals surface area contributed by atoms with Crippen LogP contribution in [0.15, 0.2) is 182 Å². The van der Waals surface area contributed by atoms with E-state index in [9.17, 15) is 0 Å². The van der Waals surface area contributed by atoms with Gasteiger partial charge in [0.2, 0.25) is 0 Å². The van der Waals surface area contributed by atoms with Crippen molar-refractivity contribution in [2.45, 2.75) is 0 Å². The molecule has 250 valence electrons. The third-order valence-electron chi connectivity index (χ3n) is 11.5. The Morgan fingerprint density at radius 3 is 1.57 bits per heavy atom. The molecule has 0 aliphatic carbocycles. The van der Waals surface area contributed by atoms with Crippen molar-refractivity contribution in [3.05, 3.63) is 182 Å². The van der Waals surface area contributed by atoms with Gasteiger partial charge in [0.25, 0.3) is 0 Å². The van der Waals surface area contributed by atoms with E-state index in [-0.39, 0.29) is 0 Å². The molecule has 54 heavy (non-hydrogen) atoms. The lowest BCUT2D eigenvalue weighted by Crippen LogP contribution is -1.92. The highest BCUT2D eigenvalue weighted by Crippen LogP contribution is 2.50. The molecule has 0 aliphatic rings. The van der Waals surface area contributed by atoms with E-state index in [2.05, 4.69) is 182 Å². The first-order chi connectivity index (χ1) is 26.8. The minimum atomic E-state index is 1.24. The van der Waals surface area contributed by atoms with Crippen LogP contribution < -0.4 is 0 Å². The number of hydrogen-bond acceptors (Lipinski definition) is 2. The molecule has 0 aliphatic heterocycles. The summed E-state index contributed by atoms with van der Waals surface area (Å²) in [4.78, 5) is 0. The summed E-state index contributed by atoms with van der Waals surface area (Å²) in [5, 5.41) is 15.7. The fourth-order valence-electron chi connectivity index (χ4n) is 9.14. The van der Waals surface area contributed by atoms with Crippen molar-refractivity contribution < 1.29 is 0 Å². The normalized spacial score (nSPS) is 12.1. The second kappa shape index (κ2) is 11.6. The predicted octanol–water partition coefficient (Wildman–Crippen LogP) is 16.0. The first-order valence-electron chi connectivity index (χ1n) is 18.5. The van der Waals surface area contributed by atoms with Crippen molar-refractivity contribution in [1.29, 1.82) is 0 Å². The monoisotopic (exact) mass is 718 g/mol. The predicted molar refractivity (Wildman–Crippen MR) is 239 cm³/mol. The summed E-state index contributed by atoms with van der Waals surface area (Å²) in [6.45, 7) is 0. The smallest absolute Gasteiger partial charge is 0.0448 e. The number of hydrogen-bond donors (Lipinski definition) is 0. The molecule has 2 heteroatoms. The lowest BCUT2D eigenvalue weighted by Gasteiger charge is -2.19. The van der Waals surface area contributed by atoms with Gasteiger partial charge in [-0.15, -0.1) is 22.7 Å². The molecule has 12 aromatic rings. The summed E-state index contributed by atoms with van der Waals surface area (Å²) in [6, 6.07) is 67.7. The van der Waals surface area contributed by atoms with E-state index < -0.39 is 0 Å². The zero-order valence-electron chi connectivity index (χ0n) is 29.1. The van der Waals surface area contributed by atoms with Gasteiger partial charge in [0.1, 0.15) is 0 Å². The third kappa shape index (κ3) is 4.30. The maximum absolute atomic E-state index is 2.48. The lowest BCUT2D eigenvalue weighted by molar-refractivity contribution is 1.64. The molecule has 0 N–H and O–H groups in total. The minimum Gasteiger partial charge on any atom is -0.135 e. The van der Waals surface area contributed by atoms with Gasteiger partial charge in [-0.2, -0.15) is 0 Å². The Bertz CT molecular complexity index is 3430. The van der Waals surface area contributed by atoms with Crippen molar-refractivity contribution in [3.8, 4) is 33.4 Å². The van der Waals surface area contributed by atoms with Crippen molar-refractivity contribution in [3.63, 3.8) is 0 Å². The highest BCUT2D eigenvalue weighted by molar-refractivity contribution is 7.29. The van der Waals surface area contributed by atoms with Crippen molar-refractivity contribution in [1.82, 2.24) is 0 Å². The quantitative estimate of drug-likeness (QED) is 0.160. The average molecular weight is 719 g/mol.